The smallest absolute Gasteiger partial charge is 0.227 e. The number of hydrogen-bond donors (Lipinski definition) is 0. The van der Waals surface area contributed by atoms with E-state index in [0.717, 1.165) is 11.3 Å². The SMILES string of the molecule is O=C(CCc1nc(-c2cccs2)no1)N(CCc1ccccc1)Cc1cccs1. The highest BCUT2D eigenvalue weighted by atomic mass is 32.1. The van der Waals surface area contributed by atoms with Gasteiger partial charge in [0.25, 0.3) is 0 Å². The van der Waals surface area contributed by atoms with Crippen molar-refractivity contribution in [1.29, 1.82) is 0 Å². The molecule has 0 aliphatic rings. The van der Waals surface area contributed by atoms with E-state index in [1.165, 1.54) is 10.4 Å². The third-order valence-electron chi connectivity index (χ3n) is 4.56. The van der Waals surface area contributed by atoms with Crippen LogP contribution in [0, 0.1) is 0 Å². The molecule has 0 saturated heterocycles. The molecule has 29 heavy (non-hydrogen) atoms. The molecule has 7 heteroatoms. The summed E-state index contributed by atoms with van der Waals surface area (Å²) in [6.45, 7) is 1.32. The molecule has 0 aliphatic carbocycles. The molecule has 0 unspecified atom stereocenters. The second kappa shape index (κ2) is 9.62. The number of carbonyl (C=O) groups is 1. The van der Waals surface area contributed by atoms with Gasteiger partial charge in [-0.3, -0.25) is 4.79 Å². The molecule has 1 aromatic carbocycles. The lowest BCUT2D eigenvalue weighted by molar-refractivity contribution is -0.131. The minimum atomic E-state index is 0.102. The molecule has 4 aromatic rings. The van der Waals surface area contributed by atoms with E-state index >= 15 is 0 Å². The summed E-state index contributed by atoms with van der Waals surface area (Å²) in [5, 5.41) is 8.04. The largest absolute Gasteiger partial charge is 0.339 e. The number of benzene rings is 1. The monoisotopic (exact) mass is 423 g/mol. The zero-order valence-corrected chi connectivity index (χ0v) is 17.5. The van der Waals surface area contributed by atoms with E-state index in [-0.39, 0.29) is 5.91 Å². The summed E-state index contributed by atoms with van der Waals surface area (Å²) >= 11 is 3.24. The average molecular weight is 424 g/mol. The lowest BCUT2D eigenvalue weighted by Gasteiger charge is -2.22. The van der Waals surface area contributed by atoms with Crippen LogP contribution in [0.2, 0.25) is 0 Å². The Balaban J connectivity index is 1.37. The van der Waals surface area contributed by atoms with Crippen molar-refractivity contribution in [3.63, 3.8) is 0 Å². The lowest BCUT2D eigenvalue weighted by atomic mass is 10.1. The third-order valence-corrected chi connectivity index (χ3v) is 6.28. The van der Waals surface area contributed by atoms with Crippen LogP contribution in [0.25, 0.3) is 10.7 Å². The second-order valence-corrected chi connectivity index (χ2v) is 8.60. The standard InChI is InChI=1S/C22H21N3O2S2/c26-21(11-10-20-23-22(24-27-20)19-9-5-15-29-19)25(16-18-8-4-14-28-18)13-12-17-6-2-1-3-7-17/h1-9,14-15H,10-13,16H2. The zero-order chi connectivity index (χ0) is 19.9. The molecular formula is C22H21N3O2S2. The first-order valence-corrected chi connectivity index (χ1v) is 11.2. The Morgan fingerprint density at radius 1 is 0.966 bits per heavy atom. The Morgan fingerprint density at radius 3 is 2.55 bits per heavy atom. The van der Waals surface area contributed by atoms with Gasteiger partial charge < -0.3 is 9.42 Å². The van der Waals surface area contributed by atoms with Gasteiger partial charge in [-0.1, -0.05) is 47.6 Å². The molecule has 0 radical (unpaired) electrons. The summed E-state index contributed by atoms with van der Waals surface area (Å²) in [7, 11) is 0. The average Bonchev–Trinajstić information content (AvgIpc) is 3.52. The first-order valence-electron chi connectivity index (χ1n) is 9.48. The van der Waals surface area contributed by atoms with Crippen LogP contribution in [0.1, 0.15) is 22.8 Å². The van der Waals surface area contributed by atoms with Gasteiger partial charge in [-0.05, 0) is 34.9 Å². The summed E-state index contributed by atoms with van der Waals surface area (Å²) in [6, 6.07) is 18.3. The van der Waals surface area contributed by atoms with Gasteiger partial charge in [-0.25, -0.2) is 0 Å². The Hall–Kier alpha value is -2.77. The highest BCUT2D eigenvalue weighted by molar-refractivity contribution is 7.13. The van der Waals surface area contributed by atoms with Crippen LogP contribution in [-0.4, -0.2) is 27.5 Å². The molecule has 3 aromatic heterocycles. The fourth-order valence-electron chi connectivity index (χ4n) is 3.03. The molecule has 5 nitrogen and oxygen atoms in total. The van der Waals surface area contributed by atoms with Crippen LogP contribution in [0.15, 0.2) is 69.9 Å². The molecule has 0 bridgehead atoms. The Labute approximate surface area is 177 Å². The maximum absolute atomic E-state index is 12.9. The van der Waals surface area contributed by atoms with Crippen LogP contribution in [0.4, 0.5) is 0 Å². The molecule has 0 N–H and O–H groups in total. The molecular weight excluding hydrogens is 402 g/mol. The van der Waals surface area contributed by atoms with Crippen LogP contribution >= 0.6 is 22.7 Å². The molecule has 0 fully saturated rings. The summed E-state index contributed by atoms with van der Waals surface area (Å²) in [5.74, 6) is 1.19. The number of aromatic nitrogens is 2. The Morgan fingerprint density at radius 2 is 1.79 bits per heavy atom. The predicted octanol–water partition coefficient (Wildman–Crippen LogP) is 5.06. The molecule has 0 aliphatic heterocycles. The number of amides is 1. The zero-order valence-electron chi connectivity index (χ0n) is 15.9. The van der Waals surface area contributed by atoms with Crippen molar-refractivity contribution >= 4 is 28.6 Å². The number of carbonyl (C=O) groups excluding carboxylic acids is 1. The molecule has 4 rings (SSSR count). The molecule has 148 valence electrons. The van der Waals surface area contributed by atoms with Crippen molar-refractivity contribution in [2.75, 3.05) is 6.54 Å². The van der Waals surface area contributed by atoms with E-state index in [2.05, 4.69) is 28.3 Å². The molecule has 0 atom stereocenters. The predicted molar refractivity (Wildman–Crippen MR) is 116 cm³/mol. The minimum absolute atomic E-state index is 0.102. The van der Waals surface area contributed by atoms with Crippen LogP contribution in [0.5, 0.6) is 0 Å². The van der Waals surface area contributed by atoms with Crippen molar-refractivity contribution in [2.45, 2.75) is 25.8 Å². The fraction of sp³-hybridized carbons (Fsp3) is 0.227. The van der Waals surface area contributed by atoms with Gasteiger partial charge in [0.1, 0.15) is 0 Å². The van der Waals surface area contributed by atoms with E-state index < -0.39 is 0 Å². The number of nitrogens with zero attached hydrogens (tertiary/aromatic N) is 3. The number of aryl methyl sites for hydroxylation is 1. The molecule has 3 heterocycles. The van der Waals surface area contributed by atoms with Gasteiger partial charge >= 0.3 is 0 Å². The Bertz CT molecular complexity index is 1010. The number of thiophene rings is 2. The first kappa shape index (κ1) is 19.5. The summed E-state index contributed by atoms with van der Waals surface area (Å²) < 4.78 is 5.33. The molecule has 0 saturated carbocycles. The number of hydrogen-bond acceptors (Lipinski definition) is 6. The topological polar surface area (TPSA) is 59.2 Å². The van der Waals surface area contributed by atoms with Gasteiger partial charge in [0.05, 0.1) is 11.4 Å². The van der Waals surface area contributed by atoms with Crippen molar-refractivity contribution in [2.24, 2.45) is 0 Å². The first-order chi connectivity index (χ1) is 14.3. The fourth-order valence-corrected chi connectivity index (χ4v) is 4.39. The van der Waals surface area contributed by atoms with Crippen molar-refractivity contribution in [3.05, 3.63) is 81.7 Å². The maximum Gasteiger partial charge on any atom is 0.227 e. The van der Waals surface area contributed by atoms with E-state index in [4.69, 9.17) is 4.52 Å². The Kier molecular flexibility index (Phi) is 6.49. The molecule has 1 amide bonds. The normalized spacial score (nSPS) is 10.9. The molecule has 0 spiro atoms. The maximum atomic E-state index is 12.9. The highest BCUT2D eigenvalue weighted by Crippen LogP contribution is 2.22. The third kappa shape index (κ3) is 5.40. The lowest BCUT2D eigenvalue weighted by Crippen LogP contribution is -2.32. The van der Waals surface area contributed by atoms with Gasteiger partial charge in [0.2, 0.25) is 17.6 Å². The van der Waals surface area contributed by atoms with Gasteiger partial charge in [-0.15, -0.1) is 22.7 Å². The summed E-state index contributed by atoms with van der Waals surface area (Å²) in [6.07, 6.45) is 1.64. The minimum Gasteiger partial charge on any atom is -0.339 e. The van der Waals surface area contributed by atoms with Crippen molar-refractivity contribution < 1.29 is 9.32 Å². The van der Waals surface area contributed by atoms with Crippen molar-refractivity contribution in [3.8, 4) is 10.7 Å². The van der Waals surface area contributed by atoms with E-state index in [1.807, 2.05) is 52.1 Å². The van der Waals surface area contributed by atoms with Gasteiger partial charge in [0.15, 0.2) is 0 Å². The van der Waals surface area contributed by atoms with Crippen LogP contribution < -0.4 is 0 Å². The second-order valence-electron chi connectivity index (χ2n) is 6.62. The van der Waals surface area contributed by atoms with Crippen molar-refractivity contribution in [1.82, 2.24) is 15.0 Å². The van der Waals surface area contributed by atoms with Gasteiger partial charge in [0, 0.05) is 24.3 Å². The van der Waals surface area contributed by atoms with E-state index in [9.17, 15) is 4.79 Å². The summed E-state index contributed by atoms with van der Waals surface area (Å²) in [5.41, 5.74) is 1.23. The van der Waals surface area contributed by atoms with E-state index in [0.29, 0.717) is 37.6 Å². The van der Waals surface area contributed by atoms with Gasteiger partial charge in [-0.2, -0.15) is 4.98 Å². The van der Waals surface area contributed by atoms with E-state index in [1.54, 1.807) is 22.7 Å². The van der Waals surface area contributed by atoms with Crippen LogP contribution in [-0.2, 0) is 24.2 Å². The number of rotatable bonds is 9. The highest BCUT2D eigenvalue weighted by Gasteiger charge is 2.17. The van der Waals surface area contributed by atoms with Crippen LogP contribution in [0.3, 0.4) is 0 Å². The quantitative estimate of drug-likeness (QED) is 0.377. The summed E-state index contributed by atoms with van der Waals surface area (Å²) in [4.78, 5) is 21.4.